The van der Waals surface area contributed by atoms with E-state index in [2.05, 4.69) is 10.4 Å². The number of H-pyrrole nitrogens is 1. The number of nitrogens with one attached hydrogen (secondary N) is 2. The van der Waals surface area contributed by atoms with Gasteiger partial charge in [-0.3, -0.25) is 19.5 Å². The molecule has 4 N–H and O–H groups in total. The second-order valence-electron chi connectivity index (χ2n) is 3.70. The van der Waals surface area contributed by atoms with Crippen LogP contribution in [0.15, 0.2) is 21.7 Å². The lowest BCUT2D eigenvalue weighted by Gasteiger charge is -2.13. The fraction of sp³-hybridized carbons (Fsp3) is 0.400. The Morgan fingerprint density at radius 3 is 2.63 bits per heavy atom. The van der Waals surface area contributed by atoms with Crippen LogP contribution in [0.1, 0.15) is 6.42 Å². The molecule has 1 aromatic heterocycles. The molecule has 1 rings (SSSR count). The molecule has 1 amide bonds. The highest BCUT2D eigenvalue weighted by atomic mass is 16.4. The fourth-order valence-corrected chi connectivity index (χ4v) is 1.35. The van der Waals surface area contributed by atoms with Gasteiger partial charge in [0.25, 0.3) is 11.1 Å². The first kappa shape index (κ1) is 14.6. The highest BCUT2D eigenvalue weighted by Gasteiger charge is 2.19. The number of carboxylic acids is 1. The van der Waals surface area contributed by atoms with Crippen LogP contribution in [0.3, 0.4) is 0 Å². The van der Waals surface area contributed by atoms with Crippen LogP contribution in [-0.4, -0.2) is 44.5 Å². The Labute approximate surface area is 106 Å². The van der Waals surface area contributed by atoms with Gasteiger partial charge in [0.2, 0.25) is 5.91 Å². The van der Waals surface area contributed by atoms with Crippen molar-refractivity contribution in [2.75, 3.05) is 6.61 Å². The normalized spacial score (nSPS) is 11.8. The van der Waals surface area contributed by atoms with Crippen molar-refractivity contribution in [1.29, 1.82) is 0 Å². The number of carboxylic acid groups (broad SMARTS) is 1. The van der Waals surface area contributed by atoms with Crippen molar-refractivity contribution in [3.63, 3.8) is 0 Å². The number of aromatic amines is 1. The minimum Gasteiger partial charge on any atom is -0.480 e. The van der Waals surface area contributed by atoms with Crippen molar-refractivity contribution in [2.24, 2.45) is 0 Å². The monoisotopic (exact) mass is 271 g/mol. The van der Waals surface area contributed by atoms with Gasteiger partial charge in [0, 0.05) is 25.2 Å². The number of nitrogens with zero attached hydrogens (tertiary/aromatic N) is 1. The number of hydrogen-bond donors (Lipinski definition) is 4. The summed E-state index contributed by atoms with van der Waals surface area (Å²) in [4.78, 5) is 44.6. The van der Waals surface area contributed by atoms with E-state index in [0.717, 1.165) is 16.8 Å². The van der Waals surface area contributed by atoms with Gasteiger partial charge in [-0.25, -0.2) is 9.48 Å². The van der Waals surface area contributed by atoms with E-state index in [1.165, 1.54) is 0 Å². The van der Waals surface area contributed by atoms with Crippen LogP contribution in [0.25, 0.3) is 0 Å². The SMILES string of the molecule is O=C(Cn1[nH]c(=O)ccc1=O)N[C@@H](CCO)C(=O)O. The number of aliphatic carboxylic acids is 1. The quantitative estimate of drug-likeness (QED) is 0.450. The van der Waals surface area contributed by atoms with Gasteiger partial charge in [-0.15, -0.1) is 0 Å². The third kappa shape index (κ3) is 4.39. The minimum absolute atomic E-state index is 0.152. The highest BCUT2D eigenvalue weighted by molar-refractivity contribution is 5.83. The lowest BCUT2D eigenvalue weighted by atomic mass is 10.2. The molecule has 1 atom stereocenters. The van der Waals surface area contributed by atoms with E-state index in [0.29, 0.717) is 0 Å². The number of carbonyl (C=O) groups excluding carboxylic acids is 1. The number of aromatic nitrogens is 2. The smallest absolute Gasteiger partial charge is 0.326 e. The molecule has 9 heteroatoms. The van der Waals surface area contributed by atoms with Crippen LogP contribution in [-0.2, 0) is 16.1 Å². The Balaban J connectivity index is 2.74. The molecule has 0 saturated heterocycles. The molecule has 0 fully saturated rings. The summed E-state index contributed by atoms with van der Waals surface area (Å²) in [5.74, 6) is -2.05. The lowest BCUT2D eigenvalue weighted by molar-refractivity contribution is -0.142. The van der Waals surface area contributed by atoms with E-state index in [1.807, 2.05) is 0 Å². The summed E-state index contributed by atoms with van der Waals surface area (Å²) in [5, 5.41) is 21.7. The van der Waals surface area contributed by atoms with E-state index in [1.54, 1.807) is 0 Å². The maximum Gasteiger partial charge on any atom is 0.326 e. The third-order valence-electron chi connectivity index (χ3n) is 2.24. The van der Waals surface area contributed by atoms with Crippen LogP contribution >= 0.6 is 0 Å². The van der Waals surface area contributed by atoms with E-state index in [9.17, 15) is 19.2 Å². The van der Waals surface area contributed by atoms with E-state index in [-0.39, 0.29) is 6.42 Å². The first-order valence-corrected chi connectivity index (χ1v) is 5.37. The minimum atomic E-state index is -1.30. The second-order valence-corrected chi connectivity index (χ2v) is 3.70. The Kier molecular flexibility index (Phi) is 5.01. The molecule has 1 aromatic rings. The molecule has 0 aliphatic heterocycles. The Bertz CT molecular complexity index is 575. The van der Waals surface area contributed by atoms with Crippen molar-refractivity contribution in [3.8, 4) is 0 Å². The first-order chi connectivity index (χ1) is 8.93. The molecular formula is C10H13N3O6. The summed E-state index contributed by atoms with van der Waals surface area (Å²) in [5.41, 5.74) is -1.15. The maximum absolute atomic E-state index is 11.5. The summed E-state index contributed by atoms with van der Waals surface area (Å²) in [6.45, 7) is -0.913. The average Bonchev–Trinajstić information content (AvgIpc) is 2.33. The predicted molar refractivity (Wildman–Crippen MR) is 62.6 cm³/mol. The number of aliphatic hydroxyl groups is 1. The molecule has 0 bridgehead atoms. The predicted octanol–water partition coefficient (Wildman–Crippen LogP) is -2.51. The topological polar surface area (TPSA) is 141 Å². The molecule has 0 aliphatic rings. The first-order valence-electron chi connectivity index (χ1n) is 5.37. The van der Waals surface area contributed by atoms with Gasteiger partial charge in [-0.1, -0.05) is 0 Å². The van der Waals surface area contributed by atoms with Gasteiger partial charge in [-0.05, 0) is 0 Å². The maximum atomic E-state index is 11.5. The van der Waals surface area contributed by atoms with Crippen LogP contribution in [0.2, 0.25) is 0 Å². The van der Waals surface area contributed by atoms with Crippen molar-refractivity contribution in [1.82, 2.24) is 15.1 Å². The van der Waals surface area contributed by atoms with E-state index >= 15 is 0 Å². The van der Waals surface area contributed by atoms with E-state index < -0.39 is 42.2 Å². The van der Waals surface area contributed by atoms with Crippen LogP contribution < -0.4 is 16.4 Å². The molecule has 0 spiro atoms. The van der Waals surface area contributed by atoms with Crippen LogP contribution in [0.4, 0.5) is 0 Å². The van der Waals surface area contributed by atoms with Crippen molar-refractivity contribution in [3.05, 3.63) is 32.8 Å². The number of hydrogen-bond acceptors (Lipinski definition) is 5. The second kappa shape index (κ2) is 6.50. The number of aliphatic hydroxyl groups excluding tert-OH is 1. The van der Waals surface area contributed by atoms with Gasteiger partial charge in [0.05, 0.1) is 0 Å². The molecule has 0 aromatic carbocycles. The molecule has 1 heterocycles. The Hall–Kier alpha value is -2.42. The zero-order chi connectivity index (χ0) is 14.4. The van der Waals surface area contributed by atoms with E-state index in [4.69, 9.17) is 10.2 Å². The van der Waals surface area contributed by atoms with Crippen molar-refractivity contribution in [2.45, 2.75) is 19.0 Å². The molecular weight excluding hydrogens is 258 g/mol. The summed E-state index contributed by atoms with van der Waals surface area (Å²) >= 11 is 0. The molecule has 9 nitrogen and oxygen atoms in total. The lowest BCUT2D eigenvalue weighted by Crippen LogP contribution is -2.44. The van der Waals surface area contributed by atoms with Gasteiger partial charge in [0.15, 0.2) is 0 Å². The fourth-order valence-electron chi connectivity index (χ4n) is 1.35. The highest BCUT2D eigenvalue weighted by Crippen LogP contribution is 1.91. The Morgan fingerprint density at radius 2 is 2.05 bits per heavy atom. The standard InChI is InChI=1S/C10H13N3O6/c14-4-3-6(10(18)19)11-8(16)5-13-9(17)2-1-7(15)12-13/h1-2,6,14H,3-5H2,(H,11,16)(H,12,15)(H,18,19)/t6-/m0/s1. The van der Waals surface area contributed by atoms with Gasteiger partial charge >= 0.3 is 5.97 Å². The number of rotatable bonds is 6. The summed E-state index contributed by atoms with van der Waals surface area (Å²) in [7, 11) is 0. The third-order valence-corrected chi connectivity index (χ3v) is 2.24. The molecule has 0 radical (unpaired) electrons. The van der Waals surface area contributed by atoms with Crippen LogP contribution in [0, 0.1) is 0 Å². The van der Waals surface area contributed by atoms with Crippen molar-refractivity contribution < 1.29 is 19.8 Å². The Morgan fingerprint density at radius 1 is 1.37 bits per heavy atom. The molecule has 0 unspecified atom stereocenters. The summed E-state index contributed by atoms with van der Waals surface area (Å²) in [6.07, 6.45) is -0.152. The molecule has 19 heavy (non-hydrogen) atoms. The van der Waals surface area contributed by atoms with Crippen LogP contribution in [0.5, 0.6) is 0 Å². The van der Waals surface area contributed by atoms with Gasteiger partial charge in [-0.2, -0.15) is 0 Å². The average molecular weight is 271 g/mol. The number of carbonyl (C=O) groups is 2. The molecule has 0 aliphatic carbocycles. The molecule has 0 saturated carbocycles. The van der Waals surface area contributed by atoms with Gasteiger partial charge < -0.3 is 15.5 Å². The number of amides is 1. The van der Waals surface area contributed by atoms with Crippen molar-refractivity contribution >= 4 is 11.9 Å². The summed E-state index contributed by atoms with van der Waals surface area (Å²) < 4.78 is 0.759. The molecule has 104 valence electrons. The van der Waals surface area contributed by atoms with Gasteiger partial charge in [0.1, 0.15) is 12.6 Å². The zero-order valence-corrected chi connectivity index (χ0v) is 9.83. The summed E-state index contributed by atoms with van der Waals surface area (Å²) in [6, 6.07) is 0.764. The zero-order valence-electron chi connectivity index (χ0n) is 9.83. The largest absolute Gasteiger partial charge is 0.480 e.